The molecule has 0 radical (unpaired) electrons. The first-order valence-electron chi connectivity index (χ1n) is 8.08. The number of hydrogen-bond acceptors (Lipinski definition) is 6. The Labute approximate surface area is 155 Å². The topological polar surface area (TPSA) is 61.2 Å². The van der Waals surface area contributed by atoms with E-state index >= 15 is 0 Å². The second kappa shape index (κ2) is 6.76. The van der Waals surface area contributed by atoms with Crippen LogP contribution in [-0.2, 0) is 0 Å². The van der Waals surface area contributed by atoms with E-state index in [-0.39, 0.29) is 0 Å². The number of thioether (sulfide) groups is 1. The summed E-state index contributed by atoms with van der Waals surface area (Å²) in [5.41, 5.74) is 7.39. The summed E-state index contributed by atoms with van der Waals surface area (Å²) in [6, 6.07) is 13.9. The van der Waals surface area contributed by atoms with Gasteiger partial charge in [-0.25, -0.2) is 4.68 Å². The maximum Gasteiger partial charge on any atom is 0.214 e. The van der Waals surface area contributed by atoms with Crippen molar-refractivity contribution in [3.63, 3.8) is 0 Å². The van der Waals surface area contributed by atoms with Gasteiger partial charge < -0.3 is 9.47 Å². The molecule has 26 heavy (non-hydrogen) atoms. The highest BCUT2D eigenvalue weighted by Gasteiger charge is 2.21. The number of fused-ring (bicyclic) bond motifs is 1. The maximum atomic E-state index is 5.51. The number of rotatable bonds is 4. The summed E-state index contributed by atoms with van der Waals surface area (Å²) in [5, 5.41) is 11.4. The van der Waals surface area contributed by atoms with E-state index in [1.54, 1.807) is 14.2 Å². The number of ether oxygens (including phenoxy) is 2. The Bertz CT molecular complexity index is 997. The molecule has 1 aromatic heterocycles. The van der Waals surface area contributed by atoms with Crippen LogP contribution < -0.4 is 14.9 Å². The molecule has 0 amide bonds. The van der Waals surface area contributed by atoms with Crippen molar-refractivity contribution in [2.45, 2.75) is 12.1 Å². The average Bonchev–Trinajstić information content (AvgIpc) is 3.10. The predicted octanol–water partition coefficient (Wildman–Crippen LogP) is 3.92. The fourth-order valence-corrected chi connectivity index (χ4v) is 3.55. The first-order valence-corrected chi connectivity index (χ1v) is 8.96. The first-order chi connectivity index (χ1) is 12.7. The molecule has 2 heterocycles. The molecule has 0 aliphatic carbocycles. The Hall–Kier alpha value is -2.93. The van der Waals surface area contributed by atoms with Crippen LogP contribution in [0.25, 0.3) is 17.1 Å². The molecule has 0 bridgehead atoms. The zero-order valence-corrected chi connectivity index (χ0v) is 15.5. The third-order valence-corrected chi connectivity index (χ3v) is 4.95. The van der Waals surface area contributed by atoms with Gasteiger partial charge in [-0.2, -0.15) is 0 Å². The summed E-state index contributed by atoms with van der Waals surface area (Å²) in [5.74, 6) is 2.30. The molecule has 3 aromatic rings. The minimum atomic E-state index is 0.763. The van der Waals surface area contributed by atoms with Gasteiger partial charge in [0.2, 0.25) is 5.16 Å². The van der Waals surface area contributed by atoms with Crippen molar-refractivity contribution in [3.8, 4) is 22.9 Å². The zero-order valence-electron chi connectivity index (χ0n) is 14.7. The molecule has 0 fully saturated rings. The number of methoxy groups -OCH3 is 2. The van der Waals surface area contributed by atoms with Gasteiger partial charge in [-0.05, 0) is 31.2 Å². The third-order valence-electron chi connectivity index (χ3n) is 4.12. The van der Waals surface area contributed by atoms with Gasteiger partial charge in [0.15, 0.2) is 5.82 Å². The molecule has 1 N–H and O–H groups in total. The number of aryl methyl sites for hydroxylation is 1. The van der Waals surface area contributed by atoms with E-state index in [0.717, 1.165) is 39.3 Å². The van der Waals surface area contributed by atoms with Crippen LogP contribution in [0.2, 0.25) is 0 Å². The Kier molecular flexibility index (Phi) is 4.30. The van der Waals surface area contributed by atoms with E-state index in [2.05, 4.69) is 34.7 Å². The van der Waals surface area contributed by atoms with Crippen LogP contribution in [0, 0.1) is 6.92 Å². The molecule has 7 heteroatoms. The SMILES string of the molecule is COc1ccc(OC)c(C2=CSc3nnc(-c4cccc(C)c4)n3N2)c1. The monoisotopic (exact) mass is 366 g/mol. The normalized spacial score (nSPS) is 12.8. The van der Waals surface area contributed by atoms with Gasteiger partial charge >= 0.3 is 0 Å². The van der Waals surface area contributed by atoms with Crippen molar-refractivity contribution in [3.05, 3.63) is 59.0 Å². The van der Waals surface area contributed by atoms with Crippen LogP contribution in [0.1, 0.15) is 11.1 Å². The van der Waals surface area contributed by atoms with Crippen LogP contribution in [0.4, 0.5) is 0 Å². The lowest BCUT2D eigenvalue weighted by molar-refractivity contribution is 0.402. The van der Waals surface area contributed by atoms with Gasteiger partial charge in [-0.3, -0.25) is 5.43 Å². The molecule has 6 nitrogen and oxygen atoms in total. The highest BCUT2D eigenvalue weighted by atomic mass is 32.2. The summed E-state index contributed by atoms with van der Waals surface area (Å²) in [7, 11) is 3.31. The van der Waals surface area contributed by atoms with Crippen LogP contribution in [0.15, 0.2) is 53.0 Å². The summed E-state index contributed by atoms with van der Waals surface area (Å²) in [6.45, 7) is 2.06. The molecule has 0 atom stereocenters. The Morgan fingerprint density at radius 1 is 1.04 bits per heavy atom. The van der Waals surface area contributed by atoms with Crippen molar-refractivity contribution in [1.82, 2.24) is 14.9 Å². The average molecular weight is 366 g/mol. The third kappa shape index (κ3) is 2.90. The highest BCUT2D eigenvalue weighted by molar-refractivity contribution is 8.02. The van der Waals surface area contributed by atoms with Crippen molar-refractivity contribution >= 4 is 17.5 Å². The number of hydrogen-bond donors (Lipinski definition) is 1. The fraction of sp³-hybridized carbons (Fsp3) is 0.158. The molecule has 132 valence electrons. The molecule has 4 rings (SSSR count). The summed E-state index contributed by atoms with van der Waals surface area (Å²) in [6.07, 6.45) is 0. The van der Waals surface area contributed by atoms with Crippen molar-refractivity contribution in [2.75, 3.05) is 19.6 Å². The van der Waals surface area contributed by atoms with Gasteiger partial charge in [-0.1, -0.05) is 35.5 Å². The molecule has 0 spiro atoms. The summed E-state index contributed by atoms with van der Waals surface area (Å²) in [4.78, 5) is 0. The lowest BCUT2D eigenvalue weighted by Gasteiger charge is -2.21. The van der Waals surface area contributed by atoms with E-state index in [1.807, 2.05) is 40.4 Å². The van der Waals surface area contributed by atoms with E-state index in [1.165, 1.54) is 17.3 Å². The van der Waals surface area contributed by atoms with Crippen molar-refractivity contribution < 1.29 is 9.47 Å². The quantitative estimate of drug-likeness (QED) is 0.755. The first kappa shape index (κ1) is 16.5. The van der Waals surface area contributed by atoms with E-state index in [4.69, 9.17) is 9.47 Å². The van der Waals surface area contributed by atoms with E-state index in [0.29, 0.717) is 0 Å². The van der Waals surface area contributed by atoms with E-state index in [9.17, 15) is 0 Å². The van der Waals surface area contributed by atoms with Gasteiger partial charge in [-0.15, -0.1) is 10.2 Å². The zero-order chi connectivity index (χ0) is 18.1. The highest BCUT2D eigenvalue weighted by Crippen LogP contribution is 2.36. The molecule has 0 unspecified atom stereocenters. The van der Waals surface area contributed by atoms with Crippen LogP contribution in [0.3, 0.4) is 0 Å². The molecule has 1 aliphatic heterocycles. The molecule has 1 aliphatic rings. The lowest BCUT2D eigenvalue weighted by atomic mass is 10.1. The molecule has 0 saturated heterocycles. The maximum absolute atomic E-state index is 5.51. The molecular formula is C19H18N4O2S. The van der Waals surface area contributed by atoms with E-state index < -0.39 is 0 Å². The Morgan fingerprint density at radius 3 is 2.69 bits per heavy atom. The number of benzene rings is 2. The van der Waals surface area contributed by atoms with Crippen LogP contribution in [-0.4, -0.2) is 29.1 Å². The predicted molar refractivity (Wildman–Crippen MR) is 103 cm³/mol. The van der Waals surface area contributed by atoms with Crippen molar-refractivity contribution in [2.24, 2.45) is 0 Å². The van der Waals surface area contributed by atoms with Crippen LogP contribution >= 0.6 is 11.8 Å². The van der Waals surface area contributed by atoms with Gasteiger partial charge in [0.05, 0.1) is 19.9 Å². The standard InChI is InChI=1S/C19H18N4O2S/c1-12-5-4-6-13(9-12)18-20-21-19-23(18)22-16(11-26-19)15-10-14(24-2)7-8-17(15)25-3/h4-11,22H,1-3H3. The lowest BCUT2D eigenvalue weighted by Crippen LogP contribution is -2.18. The molecule has 2 aromatic carbocycles. The second-order valence-corrected chi connectivity index (χ2v) is 6.68. The minimum absolute atomic E-state index is 0.763. The fourth-order valence-electron chi connectivity index (χ4n) is 2.82. The number of nitrogens with zero attached hydrogens (tertiary/aromatic N) is 3. The molecule has 0 saturated carbocycles. The summed E-state index contributed by atoms with van der Waals surface area (Å²) < 4.78 is 12.8. The largest absolute Gasteiger partial charge is 0.497 e. The second-order valence-electron chi connectivity index (χ2n) is 5.84. The van der Waals surface area contributed by atoms with Gasteiger partial charge in [0.1, 0.15) is 11.5 Å². The summed E-state index contributed by atoms with van der Waals surface area (Å²) >= 11 is 1.51. The van der Waals surface area contributed by atoms with Crippen molar-refractivity contribution in [1.29, 1.82) is 0 Å². The smallest absolute Gasteiger partial charge is 0.214 e. The molecular weight excluding hydrogens is 348 g/mol. The Balaban J connectivity index is 1.74. The van der Waals surface area contributed by atoms with Gasteiger partial charge in [0.25, 0.3) is 0 Å². The minimum Gasteiger partial charge on any atom is -0.497 e. The number of nitrogens with one attached hydrogen (secondary N) is 1. The Morgan fingerprint density at radius 2 is 1.92 bits per heavy atom. The number of aromatic nitrogens is 3. The van der Waals surface area contributed by atoms with Gasteiger partial charge in [0, 0.05) is 16.5 Å². The van der Waals surface area contributed by atoms with Crippen LogP contribution in [0.5, 0.6) is 11.5 Å².